The summed E-state index contributed by atoms with van der Waals surface area (Å²) in [4.78, 5) is 20.2. The number of nitrogens with zero attached hydrogens (tertiary/aromatic N) is 2. The van der Waals surface area contributed by atoms with Crippen LogP contribution in [0.5, 0.6) is 5.75 Å². The van der Waals surface area contributed by atoms with Crippen molar-refractivity contribution in [3.63, 3.8) is 0 Å². The predicted molar refractivity (Wildman–Crippen MR) is 79.1 cm³/mol. The van der Waals surface area contributed by atoms with Crippen LogP contribution in [0.25, 0.3) is 0 Å². The van der Waals surface area contributed by atoms with Gasteiger partial charge in [-0.3, -0.25) is 4.79 Å². The number of Topliss-reactive ketones (excluding diaryl/α,β-unsaturated/α-hetero) is 1. The highest BCUT2D eigenvalue weighted by molar-refractivity contribution is 6.03. The Kier molecular flexibility index (Phi) is 4.60. The maximum absolute atomic E-state index is 11.9. The molecule has 102 valence electrons. The summed E-state index contributed by atoms with van der Waals surface area (Å²) >= 11 is 0. The minimum Gasteiger partial charge on any atom is -0.497 e. The molecule has 0 unspecified atom stereocenters. The number of hydrogen-bond acceptors (Lipinski definition) is 4. The number of ketones is 1. The Balaban J connectivity index is 1.97. The highest BCUT2D eigenvalue weighted by Crippen LogP contribution is 2.13. The van der Waals surface area contributed by atoms with Gasteiger partial charge in [0.25, 0.3) is 0 Å². The number of aliphatic imine (C=N–C) groups is 1. The molecule has 0 amide bonds. The highest BCUT2D eigenvalue weighted by atomic mass is 16.5. The normalized spacial score (nSPS) is 10.7. The van der Waals surface area contributed by atoms with Crippen LogP contribution in [0.1, 0.15) is 22.3 Å². The third kappa shape index (κ3) is 3.75. The van der Waals surface area contributed by atoms with Crippen molar-refractivity contribution in [2.45, 2.75) is 13.3 Å². The van der Waals surface area contributed by atoms with Crippen LogP contribution in [0, 0.1) is 6.92 Å². The molecule has 0 N–H and O–H groups in total. The molecule has 1 heterocycles. The van der Waals surface area contributed by atoms with Crippen molar-refractivity contribution in [3.8, 4) is 5.75 Å². The molecule has 0 bridgehead atoms. The Morgan fingerprint density at radius 1 is 1.30 bits per heavy atom. The number of pyridine rings is 1. The van der Waals surface area contributed by atoms with Crippen LogP contribution >= 0.6 is 0 Å². The van der Waals surface area contributed by atoms with Crippen LogP contribution in [0.4, 0.5) is 5.82 Å². The molecule has 2 aromatic rings. The van der Waals surface area contributed by atoms with Gasteiger partial charge in [0.1, 0.15) is 5.75 Å². The zero-order chi connectivity index (χ0) is 14.4. The molecule has 0 radical (unpaired) electrons. The van der Waals surface area contributed by atoms with Crippen molar-refractivity contribution in [1.82, 2.24) is 4.98 Å². The molecule has 20 heavy (non-hydrogen) atoms. The average Bonchev–Trinajstić information content (AvgIpc) is 2.47. The second-order valence-electron chi connectivity index (χ2n) is 4.36. The van der Waals surface area contributed by atoms with Crippen LogP contribution in [-0.2, 0) is 0 Å². The lowest BCUT2D eigenvalue weighted by molar-refractivity contribution is 0.100. The smallest absolute Gasteiger partial charge is 0.168 e. The Morgan fingerprint density at radius 2 is 2.05 bits per heavy atom. The molecule has 4 heteroatoms. The molecule has 0 spiro atoms. The Morgan fingerprint density at radius 3 is 2.70 bits per heavy atom. The van der Waals surface area contributed by atoms with E-state index in [0.29, 0.717) is 11.4 Å². The molecule has 0 atom stereocenters. The molecule has 0 saturated heterocycles. The van der Waals surface area contributed by atoms with Gasteiger partial charge in [-0.05, 0) is 48.9 Å². The van der Waals surface area contributed by atoms with Crippen molar-refractivity contribution in [2.75, 3.05) is 7.11 Å². The summed E-state index contributed by atoms with van der Waals surface area (Å²) in [6.45, 7) is 1.98. The van der Waals surface area contributed by atoms with Crippen molar-refractivity contribution < 1.29 is 9.53 Å². The van der Waals surface area contributed by atoms with E-state index in [4.69, 9.17) is 4.74 Å². The summed E-state index contributed by atoms with van der Waals surface area (Å²) < 4.78 is 5.05. The van der Waals surface area contributed by atoms with Crippen LogP contribution < -0.4 is 4.74 Å². The lowest BCUT2D eigenvalue weighted by Crippen LogP contribution is -1.99. The molecule has 0 aliphatic heterocycles. The fourth-order valence-corrected chi connectivity index (χ4v) is 1.71. The van der Waals surface area contributed by atoms with Gasteiger partial charge in [-0.25, -0.2) is 9.98 Å². The number of ether oxygens (including phenoxy) is 1. The second-order valence-corrected chi connectivity index (χ2v) is 4.36. The number of methoxy groups -OCH3 is 1. The number of hydrogen-bond donors (Lipinski definition) is 0. The molecule has 1 aromatic carbocycles. The van der Waals surface area contributed by atoms with Gasteiger partial charge < -0.3 is 4.74 Å². The van der Waals surface area contributed by atoms with Crippen molar-refractivity contribution in [1.29, 1.82) is 0 Å². The molecular weight excluding hydrogens is 252 g/mol. The second kappa shape index (κ2) is 6.61. The van der Waals surface area contributed by atoms with E-state index in [0.717, 1.165) is 11.3 Å². The number of aryl methyl sites for hydroxylation is 1. The molecular formula is C16H16N2O2. The van der Waals surface area contributed by atoms with Crippen molar-refractivity contribution in [2.24, 2.45) is 4.99 Å². The minimum atomic E-state index is 0.0176. The third-order valence-electron chi connectivity index (χ3n) is 2.81. The molecule has 0 aliphatic carbocycles. The first-order valence-electron chi connectivity index (χ1n) is 6.31. The molecule has 2 rings (SSSR count). The molecule has 1 aromatic heterocycles. The van der Waals surface area contributed by atoms with Gasteiger partial charge >= 0.3 is 0 Å². The summed E-state index contributed by atoms with van der Waals surface area (Å²) in [5.41, 5.74) is 1.74. The Labute approximate surface area is 118 Å². The van der Waals surface area contributed by atoms with Gasteiger partial charge in [0.05, 0.1) is 7.11 Å². The monoisotopic (exact) mass is 268 g/mol. The number of aromatic nitrogens is 1. The van der Waals surface area contributed by atoms with Crippen LogP contribution in [0.15, 0.2) is 47.6 Å². The van der Waals surface area contributed by atoms with Gasteiger partial charge in [0, 0.05) is 24.4 Å². The van der Waals surface area contributed by atoms with Gasteiger partial charge in [-0.15, -0.1) is 0 Å². The molecule has 0 aliphatic rings. The number of carbonyl (C=O) groups excluding carboxylic acids is 1. The predicted octanol–water partition coefficient (Wildman–Crippen LogP) is 3.37. The van der Waals surface area contributed by atoms with Gasteiger partial charge in [0.2, 0.25) is 0 Å². The van der Waals surface area contributed by atoms with Crippen LogP contribution in [0.2, 0.25) is 0 Å². The van der Waals surface area contributed by atoms with Crippen LogP contribution in [-0.4, -0.2) is 24.1 Å². The van der Waals surface area contributed by atoms with E-state index >= 15 is 0 Å². The molecule has 0 fully saturated rings. The fraction of sp³-hybridized carbons (Fsp3) is 0.188. The number of benzene rings is 1. The fourth-order valence-electron chi connectivity index (χ4n) is 1.71. The van der Waals surface area contributed by atoms with E-state index < -0.39 is 0 Å². The summed E-state index contributed by atoms with van der Waals surface area (Å²) in [5.74, 6) is 1.37. The molecule has 0 saturated carbocycles. The van der Waals surface area contributed by atoms with Crippen molar-refractivity contribution >= 4 is 17.8 Å². The third-order valence-corrected chi connectivity index (χ3v) is 2.81. The quantitative estimate of drug-likeness (QED) is 0.617. The average molecular weight is 268 g/mol. The summed E-state index contributed by atoms with van der Waals surface area (Å²) in [6, 6.07) is 10.8. The SMILES string of the molecule is COc1ccc(C(=O)CC=Nc2cc(C)ccn2)cc1. The van der Waals surface area contributed by atoms with E-state index in [9.17, 15) is 4.79 Å². The van der Waals surface area contributed by atoms with Gasteiger partial charge in [0.15, 0.2) is 11.6 Å². The largest absolute Gasteiger partial charge is 0.497 e. The first kappa shape index (κ1) is 13.9. The molecule has 4 nitrogen and oxygen atoms in total. The highest BCUT2D eigenvalue weighted by Gasteiger charge is 2.04. The summed E-state index contributed by atoms with van der Waals surface area (Å²) in [7, 11) is 1.60. The van der Waals surface area contributed by atoms with Gasteiger partial charge in [-0.1, -0.05) is 0 Å². The van der Waals surface area contributed by atoms with E-state index in [1.165, 1.54) is 0 Å². The topological polar surface area (TPSA) is 51.5 Å². The lowest BCUT2D eigenvalue weighted by Gasteiger charge is -2.01. The maximum Gasteiger partial charge on any atom is 0.168 e. The number of carbonyl (C=O) groups is 1. The van der Waals surface area contributed by atoms with Crippen molar-refractivity contribution in [3.05, 3.63) is 53.7 Å². The first-order chi connectivity index (χ1) is 9.69. The zero-order valence-electron chi connectivity index (χ0n) is 11.5. The van der Waals surface area contributed by atoms with Crippen LogP contribution in [0.3, 0.4) is 0 Å². The Hall–Kier alpha value is -2.49. The zero-order valence-corrected chi connectivity index (χ0v) is 11.5. The summed E-state index contributed by atoms with van der Waals surface area (Å²) in [5, 5.41) is 0. The Bertz CT molecular complexity index is 619. The van der Waals surface area contributed by atoms with E-state index in [2.05, 4.69) is 9.98 Å². The summed E-state index contributed by atoms with van der Waals surface area (Å²) in [6.07, 6.45) is 3.55. The van der Waals surface area contributed by atoms with E-state index in [1.807, 2.05) is 19.1 Å². The standard InChI is InChI=1S/C16H16N2O2/c1-12-7-9-17-16(11-12)18-10-8-15(19)13-3-5-14(20-2)6-4-13/h3-7,9-11H,8H2,1-2H3. The number of rotatable bonds is 5. The lowest BCUT2D eigenvalue weighted by atomic mass is 10.1. The van der Waals surface area contributed by atoms with E-state index in [1.54, 1.807) is 43.8 Å². The minimum absolute atomic E-state index is 0.0176. The first-order valence-corrected chi connectivity index (χ1v) is 6.31. The maximum atomic E-state index is 11.9. The van der Waals surface area contributed by atoms with E-state index in [-0.39, 0.29) is 12.2 Å². The van der Waals surface area contributed by atoms with Gasteiger partial charge in [-0.2, -0.15) is 0 Å².